The second-order valence-electron chi connectivity index (χ2n) is 6.71. The number of para-hydroxylation sites is 2. The second kappa shape index (κ2) is 6.61. The molecule has 0 aliphatic heterocycles. The van der Waals surface area contributed by atoms with Gasteiger partial charge in [-0.2, -0.15) is 9.66 Å². The number of nitriles is 1. The topological polar surface area (TPSA) is 55.7 Å². The number of nitrogens with zero attached hydrogens (tertiary/aromatic N) is 2. The Morgan fingerprint density at radius 1 is 1.19 bits per heavy atom. The third-order valence-corrected chi connectivity index (χ3v) is 5.50. The van der Waals surface area contributed by atoms with Gasteiger partial charge in [-0.1, -0.05) is 36.7 Å². The van der Waals surface area contributed by atoms with Crippen molar-refractivity contribution in [1.29, 1.82) is 5.26 Å². The molecule has 0 saturated heterocycles. The molecule has 4 aromatic rings. The molecule has 0 aliphatic rings. The highest BCUT2D eigenvalue weighted by molar-refractivity contribution is 6.31. The van der Waals surface area contributed by atoms with Gasteiger partial charge in [0.2, 0.25) is 11.5 Å². The van der Waals surface area contributed by atoms with Crippen molar-refractivity contribution >= 4 is 39.8 Å². The summed E-state index contributed by atoms with van der Waals surface area (Å²) < 4.78 is 2.10. The summed E-state index contributed by atoms with van der Waals surface area (Å²) in [6.07, 6.45) is 0.810. The first-order valence-corrected chi connectivity index (χ1v) is 9.34. The van der Waals surface area contributed by atoms with Gasteiger partial charge in [0.25, 0.3) is 0 Å². The Balaban J connectivity index is 2.08. The Morgan fingerprint density at radius 3 is 2.67 bits per heavy atom. The number of nitrogens with one attached hydrogen (secondary N) is 2. The summed E-state index contributed by atoms with van der Waals surface area (Å²) in [7, 11) is 0. The summed E-state index contributed by atoms with van der Waals surface area (Å²) >= 11 is 6.33. The summed E-state index contributed by atoms with van der Waals surface area (Å²) in [6, 6.07) is 16.4. The number of H-pyrrole nitrogens is 1. The quantitative estimate of drug-likeness (QED) is 0.474. The number of hydrogen-bond acceptors (Lipinski definition) is 2. The van der Waals surface area contributed by atoms with E-state index < -0.39 is 0 Å². The van der Waals surface area contributed by atoms with Gasteiger partial charge in [-0.15, -0.1) is 0 Å². The highest BCUT2D eigenvalue weighted by Crippen LogP contribution is 2.29. The minimum absolute atomic E-state index is 0.676. The van der Waals surface area contributed by atoms with Crippen molar-refractivity contribution in [3.8, 4) is 6.07 Å². The van der Waals surface area contributed by atoms with Crippen LogP contribution in [0.2, 0.25) is 5.02 Å². The number of anilines is 2. The molecule has 4 rings (SSSR count). The van der Waals surface area contributed by atoms with Gasteiger partial charge in [-0.25, -0.2) is 0 Å². The summed E-state index contributed by atoms with van der Waals surface area (Å²) in [5.74, 6) is 0.960. The van der Waals surface area contributed by atoms with Crippen LogP contribution in [0, 0.1) is 25.2 Å². The van der Waals surface area contributed by atoms with E-state index in [1.807, 2.05) is 50.2 Å². The molecule has 0 bridgehead atoms. The fourth-order valence-corrected chi connectivity index (χ4v) is 3.81. The average molecular weight is 376 g/mol. The fraction of sp³-hybridized carbons (Fsp3) is 0.182. The maximum Gasteiger partial charge on any atom is 0.250 e. The Labute approximate surface area is 163 Å². The first kappa shape index (κ1) is 17.4. The zero-order valence-electron chi connectivity index (χ0n) is 15.5. The highest BCUT2D eigenvalue weighted by atomic mass is 35.5. The molecule has 2 aromatic carbocycles. The van der Waals surface area contributed by atoms with Crippen molar-refractivity contribution in [1.82, 2.24) is 4.98 Å². The van der Waals surface area contributed by atoms with Gasteiger partial charge in [0.05, 0.1) is 5.69 Å². The highest BCUT2D eigenvalue weighted by Gasteiger charge is 2.25. The third-order valence-electron chi connectivity index (χ3n) is 5.10. The molecule has 0 fully saturated rings. The molecule has 0 amide bonds. The average Bonchev–Trinajstić information content (AvgIpc) is 3.04. The van der Waals surface area contributed by atoms with E-state index in [0.29, 0.717) is 5.56 Å². The van der Waals surface area contributed by atoms with Crippen molar-refractivity contribution in [3.05, 3.63) is 69.7 Å². The summed E-state index contributed by atoms with van der Waals surface area (Å²) in [4.78, 5) is 3.41. The number of rotatable bonds is 3. The van der Waals surface area contributed by atoms with Crippen LogP contribution in [0.1, 0.15) is 29.2 Å². The van der Waals surface area contributed by atoms with Crippen LogP contribution < -0.4 is 9.72 Å². The zero-order chi connectivity index (χ0) is 19.1. The number of aryl methyl sites for hydroxylation is 1. The van der Waals surface area contributed by atoms with Crippen molar-refractivity contribution in [2.75, 3.05) is 5.32 Å². The maximum atomic E-state index is 9.79. The number of aromatic nitrogens is 2. The van der Waals surface area contributed by atoms with E-state index in [0.717, 1.165) is 56.3 Å². The van der Waals surface area contributed by atoms with Gasteiger partial charge in [-0.05, 0) is 55.7 Å². The van der Waals surface area contributed by atoms with Gasteiger partial charge >= 0.3 is 0 Å². The van der Waals surface area contributed by atoms with Crippen molar-refractivity contribution in [2.45, 2.75) is 27.2 Å². The summed E-state index contributed by atoms with van der Waals surface area (Å²) in [5.41, 5.74) is 7.57. The molecule has 0 aliphatic carbocycles. The minimum Gasteiger partial charge on any atom is -0.273 e. The lowest BCUT2D eigenvalue weighted by Gasteiger charge is -2.13. The SMILES string of the molecule is CCc1c(C)c(C#N)c2[nH]c3ccccc3[n+]2c1Nc1ccc(C)c(Cl)c1. The molecule has 4 nitrogen and oxygen atoms in total. The summed E-state index contributed by atoms with van der Waals surface area (Å²) in [6.45, 7) is 6.11. The van der Waals surface area contributed by atoms with Gasteiger partial charge in [-0.3, -0.25) is 10.3 Å². The smallest absolute Gasteiger partial charge is 0.250 e. The standard InChI is InChI=1S/C22H19ClN4/c1-4-16-14(3)17(12-24)22-26-19-7-5-6-8-20(19)27(22)21(16)25-15-10-9-13(2)18(23)11-15/h5-11H,4H2,1-3H3,(H,25,26)/p+1. The molecular formula is C22H20ClN4+. The minimum atomic E-state index is 0.676. The van der Waals surface area contributed by atoms with E-state index >= 15 is 0 Å². The zero-order valence-corrected chi connectivity index (χ0v) is 16.3. The van der Waals surface area contributed by atoms with Crippen LogP contribution >= 0.6 is 11.6 Å². The lowest BCUT2D eigenvalue weighted by Crippen LogP contribution is -2.28. The van der Waals surface area contributed by atoms with Crippen LogP contribution in [0.3, 0.4) is 0 Å². The first-order valence-electron chi connectivity index (χ1n) is 8.96. The molecule has 0 atom stereocenters. The molecule has 134 valence electrons. The van der Waals surface area contributed by atoms with E-state index in [2.05, 4.69) is 33.8 Å². The largest absolute Gasteiger partial charge is 0.273 e. The van der Waals surface area contributed by atoms with Gasteiger partial charge in [0.1, 0.15) is 22.7 Å². The van der Waals surface area contributed by atoms with Crippen LogP contribution in [0.15, 0.2) is 42.5 Å². The molecular weight excluding hydrogens is 356 g/mol. The van der Waals surface area contributed by atoms with E-state index in [1.165, 1.54) is 0 Å². The van der Waals surface area contributed by atoms with Crippen LogP contribution in [0.25, 0.3) is 16.7 Å². The van der Waals surface area contributed by atoms with Crippen molar-refractivity contribution in [3.63, 3.8) is 0 Å². The van der Waals surface area contributed by atoms with Crippen LogP contribution in [-0.4, -0.2) is 4.98 Å². The predicted octanol–water partition coefficient (Wildman–Crippen LogP) is 5.35. The van der Waals surface area contributed by atoms with Crippen molar-refractivity contribution in [2.24, 2.45) is 0 Å². The molecule has 27 heavy (non-hydrogen) atoms. The molecule has 0 saturated carbocycles. The molecule has 2 N–H and O–H groups in total. The maximum absolute atomic E-state index is 9.79. The summed E-state index contributed by atoms with van der Waals surface area (Å²) in [5, 5.41) is 14.1. The Morgan fingerprint density at radius 2 is 1.96 bits per heavy atom. The Hall–Kier alpha value is -3.03. The number of aromatic amines is 1. The molecule has 0 radical (unpaired) electrons. The van der Waals surface area contributed by atoms with Crippen LogP contribution in [0.4, 0.5) is 11.5 Å². The number of fused-ring (bicyclic) bond motifs is 3. The number of halogens is 1. The normalized spacial score (nSPS) is 11.1. The molecule has 2 heterocycles. The van der Waals surface area contributed by atoms with Crippen molar-refractivity contribution < 1.29 is 4.40 Å². The lowest BCUT2D eigenvalue weighted by atomic mass is 10.0. The number of hydrogen-bond donors (Lipinski definition) is 2. The number of pyridine rings is 1. The molecule has 0 unspecified atom stereocenters. The third kappa shape index (κ3) is 2.72. The molecule has 0 spiro atoms. The van der Waals surface area contributed by atoms with Crippen LogP contribution in [-0.2, 0) is 6.42 Å². The monoisotopic (exact) mass is 375 g/mol. The number of benzene rings is 2. The Bertz CT molecular complexity index is 1230. The van der Waals surface area contributed by atoms with Gasteiger partial charge in [0.15, 0.2) is 0 Å². The second-order valence-corrected chi connectivity index (χ2v) is 7.11. The molecule has 2 aromatic heterocycles. The number of imidazole rings is 1. The fourth-order valence-electron chi connectivity index (χ4n) is 3.63. The molecule has 5 heteroatoms. The van der Waals surface area contributed by atoms with E-state index in [9.17, 15) is 5.26 Å². The first-order chi connectivity index (χ1) is 13.0. The van der Waals surface area contributed by atoms with Crippen LogP contribution in [0.5, 0.6) is 0 Å². The predicted molar refractivity (Wildman–Crippen MR) is 110 cm³/mol. The Kier molecular flexibility index (Phi) is 4.25. The van der Waals surface area contributed by atoms with E-state index in [-0.39, 0.29) is 0 Å². The lowest BCUT2D eigenvalue weighted by molar-refractivity contribution is -0.465. The van der Waals surface area contributed by atoms with E-state index in [1.54, 1.807) is 0 Å². The van der Waals surface area contributed by atoms with E-state index in [4.69, 9.17) is 11.6 Å². The van der Waals surface area contributed by atoms with Gasteiger partial charge in [0, 0.05) is 10.6 Å². The van der Waals surface area contributed by atoms with Gasteiger partial charge < -0.3 is 0 Å².